The summed E-state index contributed by atoms with van der Waals surface area (Å²) in [6.45, 7) is 1.28. The maximum atomic E-state index is 12.6. The number of rotatable bonds is 3. The smallest absolute Gasteiger partial charge is 0.270 e. The van der Waals surface area contributed by atoms with E-state index in [1.165, 1.54) is 23.1 Å². The molecule has 1 aromatic heterocycles. The highest BCUT2D eigenvalue weighted by atomic mass is 35.5. The highest BCUT2D eigenvalue weighted by Gasteiger charge is 2.27. The van der Waals surface area contributed by atoms with Crippen LogP contribution in [0.4, 0.5) is 5.69 Å². The zero-order valence-electron chi connectivity index (χ0n) is 12.3. The van der Waals surface area contributed by atoms with Crippen LogP contribution < -0.4 is 0 Å². The maximum absolute atomic E-state index is 12.6. The molecule has 23 heavy (non-hydrogen) atoms. The fraction of sp³-hybridized carbons (Fsp3) is 0.312. The number of nitro groups is 1. The summed E-state index contributed by atoms with van der Waals surface area (Å²) in [6.07, 6.45) is 1.80. The first-order valence-corrected chi connectivity index (χ1v) is 8.58. The number of non-ortho nitro benzene ring substituents is 1. The van der Waals surface area contributed by atoms with E-state index in [4.69, 9.17) is 11.6 Å². The minimum absolute atomic E-state index is 0.119. The Morgan fingerprint density at radius 1 is 1.30 bits per heavy atom. The summed E-state index contributed by atoms with van der Waals surface area (Å²) in [7, 11) is 0. The van der Waals surface area contributed by atoms with Crippen molar-refractivity contribution in [1.29, 1.82) is 0 Å². The van der Waals surface area contributed by atoms with Gasteiger partial charge in [0.15, 0.2) is 0 Å². The van der Waals surface area contributed by atoms with Gasteiger partial charge in [0.1, 0.15) is 0 Å². The summed E-state index contributed by atoms with van der Waals surface area (Å²) in [5, 5.41) is 13.2. The van der Waals surface area contributed by atoms with E-state index in [-0.39, 0.29) is 22.2 Å². The first-order chi connectivity index (χ1) is 11.1. The quantitative estimate of drug-likeness (QED) is 0.611. The molecule has 0 radical (unpaired) electrons. The minimum atomic E-state index is -0.518. The van der Waals surface area contributed by atoms with E-state index >= 15 is 0 Å². The largest absolute Gasteiger partial charge is 0.339 e. The molecular formula is C16H15ClN2O3S. The van der Waals surface area contributed by atoms with Gasteiger partial charge in [0.2, 0.25) is 0 Å². The van der Waals surface area contributed by atoms with Crippen molar-refractivity contribution >= 4 is 34.5 Å². The van der Waals surface area contributed by atoms with Crippen LogP contribution in [0.2, 0.25) is 5.02 Å². The van der Waals surface area contributed by atoms with Crippen molar-refractivity contribution in [2.45, 2.75) is 18.8 Å². The molecule has 1 saturated heterocycles. The molecule has 1 amide bonds. The number of hydrogen-bond donors (Lipinski definition) is 0. The lowest BCUT2D eigenvalue weighted by atomic mass is 9.95. The van der Waals surface area contributed by atoms with Gasteiger partial charge in [-0.2, -0.15) is 0 Å². The Hall–Kier alpha value is -1.92. The molecule has 1 fully saturated rings. The van der Waals surface area contributed by atoms with Crippen LogP contribution in [-0.2, 0) is 0 Å². The van der Waals surface area contributed by atoms with E-state index in [1.54, 1.807) is 16.2 Å². The van der Waals surface area contributed by atoms with Gasteiger partial charge in [-0.15, -0.1) is 11.3 Å². The van der Waals surface area contributed by atoms with Gasteiger partial charge in [0.05, 0.1) is 15.5 Å². The van der Waals surface area contributed by atoms with Crippen LogP contribution in [0, 0.1) is 10.1 Å². The maximum Gasteiger partial charge on any atom is 0.270 e. The molecule has 7 heteroatoms. The van der Waals surface area contributed by atoms with Crippen LogP contribution >= 0.6 is 22.9 Å². The molecule has 1 aliphatic rings. The predicted molar refractivity (Wildman–Crippen MR) is 90.3 cm³/mol. The first kappa shape index (κ1) is 16.0. The number of piperidine rings is 1. The summed E-state index contributed by atoms with van der Waals surface area (Å²) in [4.78, 5) is 26.1. The Balaban J connectivity index is 1.72. The average Bonchev–Trinajstić information content (AvgIpc) is 3.09. The second kappa shape index (κ2) is 6.68. The molecule has 1 aromatic carbocycles. The van der Waals surface area contributed by atoms with Crippen molar-refractivity contribution in [3.8, 4) is 0 Å². The molecule has 2 aromatic rings. The number of hydrogen-bond acceptors (Lipinski definition) is 4. The number of carbonyl (C=O) groups is 1. The fourth-order valence-corrected chi connectivity index (χ4v) is 3.95. The third kappa shape index (κ3) is 3.38. The van der Waals surface area contributed by atoms with Crippen molar-refractivity contribution in [2.75, 3.05) is 13.1 Å². The van der Waals surface area contributed by atoms with Crippen LogP contribution in [-0.4, -0.2) is 28.8 Å². The van der Waals surface area contributed by atoms with Crippen LogP contribution in [0.15, 0.2) is 35.7 Å². The monoisotopic (exact) mass is 350 g/mol. The number of nitrogens with zero attached hydrogens (tertiary/aromatic N) is 2. The van der Waals surface area contributed by atoms with E-state index in [0.717, 1.165) is 12.8 Å². The van der Waals surface area contributed by atoms with Crippen LogP contribution in [0.5, 0.6) is 0 Å². The number of halogens is 1. The van der Waals surface area contributed by atoms with E-state index in [1.807, 2.05) is 6.07 Å². The van der Waals surface area contributed by atoms with Gasteiger partial charge < -0.3 is 4.90 Å². The van der Waals surface area contributed by atoms with E-state index < -0.39 is 4.92 Å². The molecule has 0 unspecified atom stereocenters. The molecule has 0 atom stereocenters. The van der Waals surface area contributed by atoms with Crippen molar-refractivity contribution in [3.63, 3.8) is 0 Å². The van der Waals surface area contributed by atoms with Gasteiger partial charge >= 0.3 is 0 Å². The number of thiophene rings is 1. The van der Waals surface area contributed by atoms with Crippen LogP contribution in [0.25, 0.3) is 0 Å². The second-order valence-corrected chi connectivity index (χ2v) is 6.89. The predicted octanol–water partition coefficient (Wildman–Crippen LogP) is 4.33. The molecule has 2 heterocycles. The van der Waals surface area contributed by atoms with Crippen molar-refractivity contribution in [2.24, 2.45) is 0 Å². The van der Waals surface area contributed by atoms with Crippen molar-refractivity contribution < 1.29 is 9.72 Å². The van der Waals surface area contributed by atoms with Crippen molar-refractivity contribution in [3.05, 3.63) is 61.3 Å². The summed E-state index contributed by atoms with van der Waals surface area (Å²) in [5.41, 5.74) is 0.0849. The van der Waals surface area contributed by atoms with Gasteiger partial charge in [0.25, 0.3) is 11.6 Å². The Bertz CT molecular complexity index is 725. The zero-order valence-corrected chi connectivity index (χ0v) is 13.8. The number of carbonyl (C=O) groups excluding carboxylic acids is 1. The molecule has 1 aliphatic heterocycles. The van der Waals surface area contributed by atoms with E-state index in [9.17, 15) is 14.9 Å². The Kier molecular flexibility index (Phi) is 4.63. The average molecular weight is 351 g/mol. The van der Waals surface area contributed by atoms with Crippen LogP contribution in [0.3, 0.4) is 0 Å². The summed E-state index contributed by atoms with van der Waals surface area (Å²) in [5.74, 6) is 0.253. The fourth-order valence-electron chi connectivity index (χ4n) is 2.85. The van der Waals surface area contributed by atoms with Gasteiger partial charge in [-0.1, -0.05) is 17.7 Å². The highest BCUT2D eigenvalue weighted by Crippen LogP contribution is 2.32. The lowest BCUT2D eigenvalue weighted by Crippen LogP contribution is -2.37. The summed E-state index contributed by atoms with van der Waals surface area (Å²) < 4.78 is 0. The SMILES string of the molecule is O=C(c1cc([N+](=O)[O-])ccc1Cl)N1CCC(c2cccs2)CC1. The number of likely N-dealkylation sites (tertiary alicyclic amines) is 1. The van der Waals surface area contributed by atoms with Crippen molar-refractivity contribution in [1.82, 2.24) is 4.90 Å². The molecule has 3 rings (SSSR count). The second-order valence-electron chi connectivity index (χ2n) is 5.50. The van der Waals surface area contributed by atoms with E-state index in [2.05, 4.69) is 11.4 Å². The first-order valence-electron chi connectivity index (χ1n) is 7.33. The molecule has 120 valence electrons. The summed E-state index contributed by atoms with van der Waals surface area (Å²) >= 11 is 7.80. The number of nitro benzene ring substituents is 1. The Morgan fingerprint density at radius 2 is 2.04 bits per heavy atom. The van der Waals surface area contributed by atoms with Gasteiger partial charge in [-0.25, -0.2) is 0 Å². The van der Waals surface area contributed by atoms with E-state index in [0.29, 0.717) is 19.0 Å². The molecule has 0 spiro atoms. The Labute approximate surface area is 142 Å². The number of benzene rings is 1. The summed E-state index contributed by atoms with van der Waals surface area (Å²) in [6, 6.07) is 8.15. The molecule has 5 nitrogen and oxygen atoms in total. The van der Waals surface area contributed by atoms with Gasteiger partial charge in [-0.05, 0) is 36.3 Å². The third-order valence-electron chi connectivity index (χ3n) is 4.12. The van der Waals surface area contributed by atoms with Gasteiger partial charge in [-0.3, -0.25) is 14.9 Å². The zero-order chi connectivity index (χ0) is 16.4. The minimum Gasteiger partial charge on any atom is -0.339 e. The lowest BCUT2D eigenvalue weighted by molar-refractivity contribution is -0.384. The molecule has 0 bridgehead atoms. The molecule has 0 N–H and O–H groups in total. The molecule has 0 saturated carbocycles. The normalized spacial score (nSPS) is 15.6. The third-order valence-corrected chi connectivity index (χ3v) is 5.48. The molecule has 0 aliphatic carbocycles. The molecular weight excluding hydrogens is 336 g/mol. The standard InChI is InChI=1S/C16H15ClN2O3S/c17-14-4-3-12(19(21)22)10-13(14)16(20)18-7-5-11(6-8-18)15-2-1-9-23-15/h1-4,9-11H,5-8H2. The topological polar surface area (TPSA) is 63.4 Å². The number of amides is 1. The van der Waals surface area contributed by atoms with Crippen LogP contribution in [0.1, 0.15) is 34.0 Å². The highest BCUT2D eigenvalue weighted by molar-refractivity contribution is 7.10. The van der Waals surface area contributed by atoms with Gasteiger partial charge in [0, 0.05) is 30.1 Å². The Morgan fingerprint density at radius 3 is 2.65 bits per heavy atom. The lowest BCUT2D eigenvalue weighted by Gasteiger charge is -2.31.